The molecule has 6 heteroatoms. The van der Waals surface area contributed by atoms with Crippen molar-refractivity contribution >= 4 is 21.4 Å². The van der Waals surface area contributed by atoms with Gasteiger partial charge in [0.1, 0.15) is 5.75 Å². The van der Waals surface area contributed by atoms with Crippen LogP contribution in [0.15, 0.2) is 18.2 Å². The second-order valence-corrected chi connectivity index (χ2v) is 7.11. The highest BCUT2D eigenvalue weighted by Crippen LogP contribution is 2.29. The van der Waals surface area contributed by atoms with Crippen LogP contribution in [-0.4, -0.2) is 20.3 Å². The van der Waals surface area contributed by atoms with Gasteiger partial charge in [0.05, 0.1) is 17.5 Å². The maximum absolute atomic E-state index is 12.0. The molecule has 3 N–H and O–H groups in total. The van der Waals surface area contributed by atoms with E-state index in [9.17, 15) is 8.42 Å². The molecule has 0 atom stereocenters. The summed E-state index contributed by atoms with van der Waals surface area (Å²) in [4.78, 5) is 0. The van der Waals surface area contributed by atoms with Crippen molar-refractivity contribution in [1.82, 2.24) is 0 Å². The summed E-state index contributed by atoms with van der Waals surface area (Å²) in [6.07, 6.45) is 0. The minimum atomic E-state index is -3.49. The molecule has 0 aromatic heterocycles. The van der Waals surface area contributed by atoms with Crippen LogP contribution in [0.25, 0.3) is 0 Å². The molecule has 0 bridgehead atoms. The van der Waals surface area contributed by atoms with Crippen molar-refractivity contribution in [3.05, 3.63) is 18.2 Å². The Bertz CT molecular complexity index is 504. The van der Waals surface area contributed by atoms with Gasteiger partial charge >= 0.3 is 0 Å². The summed E-state index contributed by atoms with van der Waals surface area (Å²) in [6, 6.07) is 4.80. The molecule has 0 fully saturated rings. The number of rotatable bonds is 3. The minimum absolute atomic E-state index is 0.349. The Morgan fingerprint density at radius 2 is 1.88 bits per heavy atom. The highest BCUT2D eigenvalue weighted by molar-refractivity contribution is 7.94. The van der Waals surface area contributed by atoms with Gasteiger partial charge in [0.25, 0.3) is 0 Å². The lowest BCUT2D eigenvalue weighted by Gasteiger charge is -2.21. The Labute approximate surface area is 102 Å². The van der Waals surface area contributed by atoms with Crippen LogP contribution >= 0.6 is 0 Å². The summed E-state index contributed by atoms with van der Waals surface area (Å²) in [5, 5.41) is 0. The van der Waals surface area contributed by atoms with Gasteiger partial charge < -0.3 is 10.5 Å². The van der Waals surface area contributed by atoms with Gasteiger partial charge in [0, 0.05) is 5.69 Å². The van der Waals surface area contributed by atoms with Gasteiger partial charge in [-0.25, -0.2) is 8.42 Å². The Balaban J connectivity index is 3.16. The number of methoxy groups -OCH3 is 1. The number of nitrogens with two attached hydrogens (primary N) is 1. The number of sulfonamides is 1. The summed E-state index contributed by atoms with van der Waals surface area (Å²) in [6.45, 7) is 4.86. The van der Waals surface area contributed by atoms with Crippen LogP contribution in [-0.2, 0) is 10.0 Å². The molecule has 0 aliphatic heterocycles. The van der Waals surface area contributed by atoms with E-state index in [0.29, 0.717) is 17.1 Å². The number of hydrogen-bond donors (Lipinski definition) is 2. The van der Waals surface area contributed by atoms with Gasteiger partial charge in [-0.3, -0.25) is 4.72 Å². The lowest BCUT2D eigenvalue weighted by molar-refractivity contribution is 0.417. The Morgan fingerprint density at radius 3 is 2.35 bits per heavy atom. The molecule has 0 saturated heterocycles. The van der Waals surface area contributed by atoms with E-state index >= 15 is 0 Å². The van der Waals surface area contributed by atoms with Crippen LogP contribution in [0.3, 0.4) is 0 Å². The van der Waals surface area contributed by atoms with Crippen LogP contribution in [0, 0.1) is 0 Å². The molecule has 0 radical (unpaired) electrons. The van der Waals surface area contributed by atoms with Crippen molar-refractivity contribution in [2.75, 3.05) is 17.6 Å². The normalized spacial score (nSPS) is 12.2. The van der Waals surface area contributed by atoms with Gasteiger partial charge in [0.2, 0.25) is 10.0 Å². The molecule has 17 heavy (non-hydrogen) atoms. The summed E-state index contributed by atoms with van der Waals surface area (Å²) < 4.78 is 30.6. The summed E-state index contributed by atoms with van der Waals surface area (Å²) in [7, 11) is -2.01. The van der Waals surface area contributed by atoms with Crippen molar-refractivity contribution in [2.45, 2.75) is 25.5 Å². The van der Waals surface area contributed by atoms with E-state index in [-0.39, 0.29) is 0 Å². The van der Waals surface area contributed by atoms with E-state index in [1.165, 1.54) is 13.2 Å². The molecule has 0 heterocycles. The molecule has 96 valence electrons. The maximum Gasteiger partial charge on any atom is 0.237 e. The minimum Gasteiger partial charge on any atom is -0.495 e. The molecule has 1 aromatic rings. The molecule has 0 aliphatic carbocycles. The van der Waals surface area contributed by atoms with Crippen LogP contribution in [0.2, 0.25) is 0 Å². The zero-order valence-corrected chi connectivity index (χ0v) is 11.3. The molecular weight excluding hydrogens is 240 g/mol. The van der Waals surface area contributed by atoms with Gasteiger partial charge in [-0.05, 0) is 39.0 Å². The first kappa shape index (κ1) is 13.6. The first-order chi connectivity index (χ1) is 7.67. The molecule has 0 aliphatic rings. The predicted molar refractivity (Wildman–Crippen MR) is 69.7 cm³/mol. The van der Waals surface area contributed by atoms with E-state index < -0.39 is 14.8 Å². The third kappa shape index (κ3) is 3.03. The van der Waals surface area contributed by atoms with E-state index in [0.717, 1.165) is 0 Å². The average molecular weight is 258 g/mol. The van der Waals surface area contributed by atoms with Crippen molar-refractivity contribution in [1.29, 1.82) is 0 Å². The SMILES string of the molecule is COc1ccc(N)cc1NS(=O)(=O)C(C)(C)C. The zero-order valence-electron chi connectivity index (χ0n) is 10.4. The fourth-order valence-corrected chi connectivity index (χ4v) is 1.86. The molecular formula is C11H18N2O3S. The number of nitrogen functional groups attached to an aromatic ring is 1. The van der Waals surface area contributed by atoms with Gasteiger partial charge in [-0.1, -0.05) is 0 Å². The topological polar surface area (TPSA) is 81.4 Å². The van der Waals surface area contributed by atoms with Crippen molar-refractivity contribution in [3.8, 4) is 5.75 Å². The molecule has 5 nitrogen and oxygen atoms in total. The van der Waals surface area contributed by atoms with Crippen molar-refractivity contribution in [2.24, 2.45) is 0 Å². The third-order valence-electron chi connectivity index (χ3n) is 2.27. The monoisotopic (exact) mass is 258 g/mol. The largest absolute Gasteiger partial charge is 0.495 e. The van der Waals surface area contributed by atoms with E-state index in [1.54, 1.807) is 32.9 Å². The second kappa shape index (κ2) is 4.44. The quantitative estimate of drug-likeness (QED) is 0.810. The Kier molecular flexibility index (Phi) is 3.56. The van der Waals surface area contributed by atoms with Crippen LogP contribution in [0.1, 0.15) is 20.8 Å². The first-order valence-corrected chi connectivity index (χ1v) is 6.61. The van der Waals surface area contributed by atoms with Gasteiger partial charge in [-0.15, -0.1) is 0 Å². The number of ether oxygens (including phenoxy) is 1. The van der Waals surface area contributed by atoms with Crippen LogP contribution in [0.4, 0.5) is 11.4 Å². The predicted octanol–water partition coefficient (Wildman–Crippen LogP) is 1.82. The van der Waals surface area contributed by atoms with Crippen molar-refractivity contribution in [3.63, 3.8) is 0 Å². The van der Waals surface area contributed by atoms with E-state index in [2.05, 4.69) is 4.72 Å². The summed E-state index contributed by atoms with van der Waals surface area (Å²) in [5.74, 6) is 0.437. The lowest BCUT2D eigenvalue weighted by atomic mass is 10.2. The summed E-state index contributed by atoms with van der Waals surface area (Å²) >= 11 is 0. The molecule has 0 unspecified atom stereocenters. The Morgan fingerprint density at radius 1 is 1.29 bits per heavy atom. The number of hydrogen-bond acceptors (Lipinski definition) is 4. The second-order valence-electron chi connectivity index (χ2n) is 4.68. The molecule has 0 amide bonds. The zero-order chi connectivity index (χ0) is 13.3. The fraction of sp³-hybridized carbons (Fsp3) is 0.455. The lowest BCUT2D eigenvalue weighted by Crippen LogP contribution is -2.33. The Hall–Kier alpha value is -1.43. The number of benzene rings is 1. The standard InChI is InChI=1S/C11H18N2O3S/c1-11(2,3)17(14,15)13-9-7-8(12)5-6-10(9)16-4/h5-7,13H,12H2,1-4H3. The molecule has 1 rings (SSSR count). The first-order valence-electron chi connectivity index (χ1n) is 5.13. The molecule has 0 spiro atoms. The van der Waals surface area contributed by atoms with E-state index in [4.69, 9.17) is 10.5 Å². The highest BCUT2D eigenvalue weighted by Gasteiger charge is 2.29. The third-order valence-corrected chi connectivity index (χ3v) is 4.38. The molecule has 1 aromatic carbocycles. The summed E-state index contributed by atoms with van der Waals surface area (Å²) in [5.41, 5.74) is 6.44. The van der Waals surface area contributed by atoms with Gasteiger partial charge in [0.15, 0.2) is 0 Å². The van der Waals surface area contributed by atoms with Crippen LogP contribution in [0.5, 0.6) is 5.75 Å². The number of nitrogens with one attached hydrogen (secondary N) is 1. The number of anilines is 2. The average Bonchev–Trinajstić information content (AvgIpc) is 2.15. The fourth-order valence-electron chi connectivity index (χ4n) is 1.10. The van der Waals surface area contributed by atoms with Gasteiger partial charge in [-0.2, -0.15) is 0 Å². The van der Waals surface area contributed by atoms with Crippen LogP contribution < -0.4 is 15.2 Å². The molecule has 0 saturated carbocycles. The highest BCUT2D eigenvalue weighted by atomic mass is 32.2. The van der Waals surface area contributed by atoms with Crippen molar-refractivity contribution < 1.29 is 13.2 Å². The van der Waals surface area contributed by atoms with E-state index in [1.807, 2.05) is 0 Å². The maximum atomic E-state index is 12.0. The smallest absolute Gasteiger partial charge is 0.237 e.